The van der Waals surface area contributed by atoms with E-state index in [-0.39, 0.29) is 17.7 Å². The maximum Gasteiger partial charge on any atom is 0.345 e. The lowest BCUT2D eigenvalue weighted by molar-refractivity contribution is -0.139. The third-order valence-electron chi connectivity index (χ3n) is 6.43. The van der Waals surface area contributed by atoms with Crippen LogP contribution in [0.2, 0.25) is 5.02 Å². The number of methoxy groups -OCH3 is 1. The first-order valence-corrected chi connectivity index (χ1v) is 13.9. The van der Waals surface area contributed by atoms with Gasteiger partial charge in [-0.1, -0.05) is 59.3 Å². The smallest absolute Gasteiger partial charge is 0.345 e. The van der Waals surface area contributed by atoms with E-state index in [2.05, 4.69) is 4.99 Å². The van der Waals surface area contributed by atoms with Crippen LogP contribution in [0.5, 0.6) is 11.5 Å². The Morgan fingerprint density at radius 1 is 1.00 bits per heavy atom. The van der Waals surface area contributed by atoms with Crippen LogP contribution < -0.4 is 24.4 Å². The molecule has 0 spiro atoms. The van der Waals surface area contributed by atoms with Gasteiger partial charge in [-0.25, -0.2) is 14.6 Å². The molecule has 0 bridgehead atoms. The molecule has 1 aliphatic heterocycles. The summed E-state index contributed by atoms with van der Waals surface area (Å²) in [5.74, 6) is -0.1000. The third-order valence-corrected chi connectivity index (χ3v) is 7.74. The van der Waals surface area contributed by atoms with Crippen LogP contribution in [0.15, 0.2) is 93.9 Å². The topological polar surface area (TPSA) is 96.2 Å². The number of rotatable bonds is 7. The van der Waals surface area contributed by atoms with Crippen molar-refractivity contribution in [3.8, 4) is 11.5 Å². The van der Waals surface area contributed by atoms with Crippen molar-refractivity contribution in [1.29, 1.82) is 0 Å². The van der Waals surface area contributed by atoms with Gasteiger partial charge in [0.1, 0.15) is 11.5 Å². The minimum atomic E-state index is -0.718. The first-order chi connectivity index (χ1) is 19.8. The average molecular weight is 589 g/mol. The summed E-state index contributed by atoms with van der Waals surface area (Å²) in [5.41, 5.74) is 2.21. The van der Waals surface area contributed by atoms with Crippen molar-refractivity contribution in [2.75, 3.05) is 13.7 Å². The summed E-state index contributed by atoms with van der Waals surface area (Å²) >= 11 is 7.32. The molecule has 0 amide bonds. The summed E-state index contributed by atoms with van der Waals surface area (Å²) in [5, 5.41) is 0.304. The van der Waals surface area contributed by atoms with Gasteiger partial charge in [-0.05, 0) is 67.4 Å². The second-order valence-corrected chi connectivity index (χ2v) is 10.4. The number of esters is 2. The molecule has 4 aromatic rings. The molecule has 0 aliphatic carbocycles. The van der Waals surface area contributed by atoms with Gasteiger partial charge in [-0.15, -0.1) is 0 Å². The number of halogens is 1. The van der Waals surface area contributed by atoms with Crippen LogP contribution in [-0.2, 0) is 9.53 Å². The zero-order valence-electron chi connectivity index (χ0n) is 22.4. The van der Waals surface area contributed by atoms with Crippen molar-refractivity contribution in [2.24, 2.45) is 4.99 Å². The molecule has 1 aliphatic rings. The number of benzene rings is 3. The number of aromatic nitrogens is 1. The third kappa shape index (κ3) is 5.73. The molecular formula is C31H25ClN2O6S. The van der Waals surface area contributed by atoms with Crippen molar-refractivity contribution in [3.05, 3.63) is 125 Å². The minimum Gasteiger partial charge on any atom is -0.497 e. The Morgan fingerprint density at radius 2 is 1.68 bits per heavy atom. The predicted molar refractivity (Wildman–Crippen MR) is 156 cm³/mol. The Bertz CT molecular complexity index is 1840. The molecule has 208 valence electrons. The quantitative estimate of drug-likeness (QED) is 0.230. The number of ether oxygens (including phenoxy) is 3. The van der Waals surface area contributed by atoms with Crippen LogP contribution in [0.3, 0.4) is 0 Å². The Morgan fingerprint density at radius 3 is 2.34 bits per heavy atom. The van der Waals surface area contributed by atoms with E-state index in [9.17, 15) is 14.4 Å². The Kier molecular flexibility index (Phi) is 8.19. The lowest BCUT2D eigenvalue weighted by atomic mass is 9.96. The van der Waals surface area contributed by atoms with Gasteiger partial charge < -0.3 is 14.2 Å². The average Bonchev–Trinajstić information content (AvgIpc) is 3.27. The van der Waals surface area contributed by atoms with Gasteiger partial charge in [-0.2, -0.15) is 0 Å². The summed E-state index contributed by atoms with van der Waals surface area (Å²) in [4.78, 5) is 44.3. The van der Waals surface area contributed by atoms with Gasteiger partial charge in [0.05, 0.1) is 46.1 Å². The molecule has 10 heteroatoms. The van der Waals surface area contributed by atoms with Crippen LogP contribution >= 0.6 is 22.9 Å². The Balaban J connectivity index is 1.51. The molecule has 2 heterocycles. The fraction of sp³-hybridized carbons (Fsp3) is 0.161. The van der Waals surface area contributed by atoms with Crippen molar-refractivity contribution < 1.29 is 23.8 Å². The van der Waals surface area contributed by atoms with Gasteiger partial charge in [0.2, 0.25) is 0 Å². The van der Waals surface area contributed by atoms with Crippen molar-refractivity contribution in [1.82, 2.24) is 4.57 Å². The molecule has 0 saturated heterocycles. The number of thiazole rings is 1. The highest BCUT2D eigenvalue weighted by Crippen LogP contribution is 2.31. The van der Waals surface area contributed by atoms with Crippen molar-refractivity contribution in [2.45, 2.75) is 19.9 Å². The number of carbonyl (C=O) groups is 2. The first kappa shape index (κ1) is 28.1. The Hall–Kier alpha value is -4.47. The zero-order chi connectivity index (χ0) is 29.1. The van der Waals surface area contributed by atoms with Crippen LogP contribution in [0.25, 0.3) is 6.08 Å². The fourth-order valence-electron chi connectivity index (χ4n) is 4.47. The van der Waals surface area contributed by atoms with E-state index in [4.69, 9.17) is 25.8 Å². The molecule has 5 rings (SSSR count). The molecule has 8 nitrogen and oxygen atoms in total. The number of carbonyl (C=O) groups excluding carboxylic acids is 2. The summed E-state index contributed by atoms with van der Waals surface area (Å²) < 4.78 is 18.0. The fourth-order valence-corrected chi connectivity index (χ4v) is 5.72. The Labute approximate surface area is 244 Å². The minimum absolute atomic E-state index is 0.194. The summed E-state index contributed by atoms with van der Waals surface area (Å²) in [7, 11) is 1.57. The molecular weight excluding hydrogens is 564 g/mol. The molecule has 41 heavy (non-hydrogen) atoms. The van der Waals surface area contributed by atoms with Gasteiger partial charge in [0.15, 0.2) is 4.80 Å². The number of nitrogens with zero attached hydrogens (tertiary/aromatic N) is 2. The van der Waals surface area contributed by atoms with E-state index < -0.39 is 18.0 Å². The number of allylic oxidation sites excluding steroid dienone is 1. The number of hydrogen-bond acceptors (Lipinski definition) is 8. The molecule has 1 atom stereocenters. The maximum absolute atomic E-state index is 13.8. The van der Waals surface area contributed by atoms with Crippen molar-refractivity contribution in [3.63, 3.8) is 0 Å². The normalized spacial score (nSPS) is 14.7. The van der Waals surface area contributed by atoms with Gasteiger partial charge in [0, 0.05) is 0 Å². The van der Waals surface area contributed by atoms with Gasteiger partial charge >= 0.3 is 11.9 Å². The van der Waals surface area contributed by atoms with Crippen LogP contribution in [0.4, 0.5) is 0 Å². The lowest BCUT2D eigenvalue weighted by Gasteiger charge is -2.24. The summed E-state index contributed by atoms with van der Waals surface area (Å²) in [6, 6.07) is 19.9. The van der Waals surface area contributed by atoms with Crippen molar-refractivity contribution >= 4 is 41.0 Å². The molecule has 0 N–H and O–H groups in total. The predicted octanol–water partition coefficient (Wildman–Crippen LogP) is 4.68. The zero-order valence-corrected chi connectivity index (χ0v) is 24.0. The van der Waals surface area contributed by atoms with Gasteiger partial charge in [0.25, 0.3) is 5.56 Å². The molecule has 1 aromatic heterocycles. The molecule has 1 unspecified atom stereocenters. The highest BCUT2D eigenvalue weighted by Gasteiger charge is 2.33. The second kappa shape index (κ2) is 12.0. The maximum atomic E-state index is 13.8. The summed E-state index contributed by atoms with van der Waals surface area (Å²) in [6.45, 7) is 3.66. The van der Waals surface area contributed by atoms with E-state index in [0.29, 0.717) is 37.1 Å². The van der Waals surface area contributed by atoms with E-state index >= 15 is 0 Å². The number of fused-ring (bicyclic) bond motifs is 1. The SMILES string of the molecule is CCOC(=O)C1=C(C)N=c2s/c(=C\c3ccc(OC(=O)c4ccccc4Cl)cc3)c(=O)n2C1c1ccc(OC)cc1. The highest BCUT2D eigenvalue weighted by molar-refractivity contribution is 7.07. The van der Waals surface area contributed by atoms with Crippen LogP contribution in [-0.4, -0.2) is 30.2 Å². The second-order valence-electron chi connectivity index (χ2n) is 9.01. The first-order valence-electron chi connectivity index (χ1n) is 12.7. The molecule has 0 saturated carbocycles. The molecule has 0 radical (unpaired) electrons. The monoisotopic (exact) mass is 588 g/mol. The van der Waals surface area contributed by atoms with Gasteiger partial charge in [-0.3, -0.25) is 9.36 Å². The van der Waals surface area contributed by atoms with Crippen LogP contribution in [0, 0.1) is 0 Å². The number of hydrogen-bond donors (Lipinski definition) is 0. The molecule has 0 fully saturated rings. The lowest BCUT2D eigenvalue weighted by Crippen LogP contribution is -2.39. The molecule has 3 aromatic carbocycles. The summed E-state index contributed by atoms with van der Waals surface area (Å²) in [6.07, 6.45) is 1.73. The highest BCUT2D eigenvalue weighted by atomic mass is 35.5. The van der Waals surface area contributed by atoms with E-state index in [1.165, 1.54) is 15.9 Å². The van der Waals surface area contributed by atoms with Crippen LogP contribution in [0.1, 0.15) is 41.4 Å². The van der Waals surface area contributed by atoms with E-state index in [0.717, 1.165) is 11.1 Å². The van der Waals surface area contributed by atoms with E-state index in [1.54, 1.807) is 87.7 Å². The largest absolute Gasteiger partial charge is 0.497 e. The van der Waals surface area contributed by atoms with E-state index in [1.807, 2.05) is 12.1 Å². The standard InChI is InChI=1S/C31H25ClN2O6S/c1-4-39-30(37)26-18(2)33-31-34(27(26)20-11-15-21(38-3)16-12-20)28(35)25(41-31)17-19-9-13-22(14-10-19)40-29(36)23-7-5-6-8-24(23)32/h5-17,27H,4H2,1-3H3/b25-17-.